The van der Waals surface area contributed by atoms with Crippen molar-refractivity contribution in [3.8, 4) is 11.1 Å². The molecule has 0 radical (unpaired) electrons. The molecule has 7 rings (SSSR count). The molecule has 2 heterocycles. The van der Waals surface area contributed by atoms with Gasteiger partial charge in [0.05, 0.1) is 0 Å². The molecule has 2 aliphatic heterocycles. The Morgan fingerprint density at radius 3 is 2.12 bits per heavy atom. The summed E-state index contributed by atoms with van der Waals surface area (Å²) in [6, 6.07) is 23.4. The minimum Gasteiger partial charge on any atom is -0.361 e. The molecule has 3 aromatic carbocycles. The van der Waals surface area contributed by atoms with Crippen LogP contribution in [0.3, 0.4) is 0 Å². The van der Waals surface area contributed by atoms with Gasteiger partial charge in [0.25, 0.3) is 0 Å². The van der Waals surface area contributed by atoms with Crippen LogP contribution in [0.25, 0.3) is 28.0 Å². The molecule has 1 heteroatoms. The highest BCUT2D eigenvalue weighted by atomic mass is 15.2. The van der Waals surface area contributed by atoms with Gasteiger partial charge in [0, 0.05) is 34.2 Å². The maximum atomic E-state index is 2.70. The summed E-state index contributed by atoms with van der Waals surface area (Å²) < 4.78 is 0. The van der Waals surface area contributed by atoms with Crippen molar-refractivity contribution in [3.05, 3.63) is 196 Å². The molecule has 0 fully saturated rings. The first-order valence-electron chi connectivity index (χ1n) is 21.3. The molecule has 2 aliphatic carbocycles. The first-order chi connectivity index (χ1) is 27.3. The molecule has 4 aliphatic rings. The van der Waals surface area contributed by atoms with Gasteiger partial charge < -0.3 is 4.90 Å². The van der Waals surface area contributed by atoms with Crippen LogP contribution in [0.5, 0.6) is 0 Å². The van der Waals surface area contributed by atoms with Gasteiger partial charge >= 0.3 is 0 Å². The molecule has 0 atom stereocenters. The van der Waals surface area contributed by atoms with Gasteiger partial charge in [-0.1, -0.05) is 149 Å². The van der Waals surface area contributed by atoms with Gasteiger partial charge in [0.2, 0.25) is 0 Å². The fourth-order valence-corrected chi connectivity index (χ4v) is 9.18. The normalized spacial score (nSPS) is 19.7. The zero-order chi connectivity index (χ0) is 40.4. The Labute approximate surface area is 344 Å². The summed E-state index contributed by atoms with van der Waals surface area (Å²) in [4.78, 5) is 2.70. The monoisotopic (exact) mass is 749 g/mol. The van der Waals surface area contributed by atoms with Crippen molar-refractivity contribution in [2.75, 3.05) is 6.54 Å². The van der Waals surface area contributed by atoms with E-state index in [4.69, 9.17) is 0 Å². The third-order valence-electron chi connectivity index (χ3n) is 13.6. The van der Waals surface area contributed by atoms with E-state index in [1.54, 1.807) is 5.57 Å². The summed E-state index contributed by atoms with van der Waals surface area (Å²) in [5.74, 6) is 0. The number of hydrogen-bond acceptors (Lipinski definition) is 1. The Morgan fingerprint density at radius 2 is 1.37 bits per heavy atom. The number of unbranched alkanes of at least 4 members (excludes halogenated alkanes) is 1. The average Bonchev–Trinajstić information content (AvgIpc) is 3.44. The Bertz CT molecular complexity index is 2340. The zero-order valence-corrected chi connectivity index (χ0v) is 36.0. The van der Waals surface area contributed by atoms with Crippen molar-refractivity contribution in [3.63, 3.8) is 0 Å². The predicted octanol–water partition coefficient (Wildman–Crippen LogP) is 15.0. The summed E-state index contributed by atoms with van der Waals surface area (Å²) >= 11 is 0. The van der Waals surface area contributed by atoms with Crippen LogP contribution in [0, 0.1) is 0 Å². The molecule has 0 saturated carbocycles. The maximum Gasteiger partial charge on any atom is 0.0450 e. The second-order valence-corrected chi connectivity index (χ2v) is 18.0. The van der Waals surface area contributed by atoms with E-state index in [0.717, 1.165) is 38.6 Å². The molecular formula is C56H63N. The van der Waals surface area contributed by atoms with Gasteiger partial charge in [-0.3, -0.25) is 0 Å². The number of fused-ring (bicyclic) bond motifs is 5. The first-order valence-corrected chi connectivity index (χ1v) is 21.3. The minimum atomic E-state index is -0.0832. The van der Waals surface area contributed by atoms with Crippen molar-refractivity contribution >= 4 is 16.8 Å². The van der Waals surface area contributed by atoms with Crippen molar-refractivity contribution in [1.29, 1.82) is 0 Å². The standard InChI is InChI=1S/C56H63N/c1-10-11-12-13-14-15-16-17-24-40(2)41(3)25-18-19-26-42-27-22-28-43(35-42)44-29-23-30-45(36-44)46-33-34-53-49-38-51-48(47-31-20-21-32-50(47)54(51,4)5)37-52(49)55(6,7)56(8,9)57(53)39-46/h10-13,16-19,21-25,27-30,32-38H,14-15,20,26,31,39H2,1-9H3/b11-10-,13-12-,17-16-,19-18-,40-24+,41-25+. The van der Waals surface area contributed by atoms with Gasteiger partial charge in [0.1, 0.15) is 0 Å². The van der Waals surface area contributed by atoms with Crippen LogP contribution < -0.4 is 0 Å². The van der Waals surface area contributed by atoms with Crippen LogP contribution >= 0.6 is 0 Å². The van der Waals surface area contributed by atoms with E-state index in [0.29, 0.717) is 0 Å². The van der Waals surface area contributed by atoms with Crippen LogP contribution in [-0.4, -0.2) is 17.0 Å². The SMILES string of the molecule is C/C=C\C=C/CC\C=C/C=C(C)/C(C)=C/C=C\Cc1cccc(-c2cccc(C3=CC=C4c5cc6c(cc5C(C)(C)C(C)(C)N4C3)C3=C(C=CCC3)C6(C)C)c2)c1. The zero-order valence-electron chi connectivity index (χ0n) is 36.0. The Kier molecular flexibility index (Phi) is 11.5. The van der Waals surface area contributed by atoms with E-state index < -0.39 is 0 Å². The number of allylic oxidation sites excluding steroid dienone is 18. The van der Waals surface area contributed by atoms with Crippen LogP contribution in [0.15, 0.2) is 162 Å². The number of rotatable bonds is 11. The largest absolute Gasteiger partial charge is 0.361 e. The molecule has 0 N–H and O–H groups in total. The van der Waals surface area contributed by atoms with Gasteiger partial charge in [-0.15, -0.1) is 0 Å². The fraction of sp³-hybridized carbons (Fsp3) is 0.321. The van der Waals surface area contributed by atoms with Gasteiger partial charge in [0.15, 0.2) is 0 Å². The van der Waals surface area contributed by atoms with Gasteiger partial charge in [-0.25, -0.2) is 0 Å². The maximum absolute atomic E-state index is 2.70. The van der Waals surface area contributed by atoms with E-state index >= 15 is 0 Å². The average molecular weight is 750 g/mol. The van der Waals surface area contributed by atoms with E-state index in [9.17, 15) is 0 Å². The summed E-state index contributed by atoms with van der Waals surface area (Å²) in [5, 5.41) is 0. The highest BCUT2D eigenvalue weighted by molar-refractivity contribution is 5.88. The molecule has 0 amide bonds. The van der Waals surface area contributed by atoms with Crippen LogP contribution in [-0.2, 0) is 17.3 Å². The van der Waals surface area contributed by atoms with Crippen LogP contribution in [0.2, 0.25) is 0 Å². The van der Waals surface area contributed by atoms with Gasteiger partial charge in [-0.05, 0) is 158 Å². The Balaban J connectivity index is 1.08. The van der Waals surface area contributed by atoms with Crippen molar-refractivity contribution in [1.82, 2.24) is 4.90 Å². The number of benzene rings is 3. The lowest BCUT2D eigenvalue weighted by atomic mass is 9.62. The van der Waals surface area contributed by atoms with E-state index in [1.165, 1.54) is 72.5 Å². The number of hydrogen-bond donors (Lipinski definition) is 0. The van der Waals surface area contributed by atoms with Crippen LogP contribution in [0.4, 0.5) is 0 Å². The third-order valence-corrected chi connectivity index (χ3v) is 13.6. The highest BCUT2D eigenvalue weighted by Crippen LogP contribution is 2.56. The molecule has 0 aromatic heterocycles. The molecule has 57 heavy (non-hydrogen) atoms. The molecule has 0 unspecified atom stereocenters. The van der Waals surface area contributed by atoms with Crippen molar-refractivity contribution < 1.29 is 0 Å². The van der Waals surface area contributed by atoms with Crippen LogP contribution in [0.1, 0.15) is 121 Å². The molecule has 0 bridgehead atoms. The van der Waals surface area contributed by atoms with Crippen molar-refractivity contribution in [2.24, 2.45) is 0 Å². The quantitative estimate of drug-likeness (QED) is 0.139. The molecular weight excluding hydrogens is 687 g/mol. The first kappa shape index (κ1) is 40.1. The summed E-state index contributed by atoms with van der Waals surface area (Å²) in [5.41, 5.74) is 19.3. The lowest BCUT2D eigenvalue weighted by molar-refractivity contribution is 0.113. The number of nitrogens with zero attached hydrogens (tertiary/aromatic N) is 1. The molecule has 0 spiro atoms. The van der Waals surface area contributed by atoms with Crippen molar-refractivity contribution in [2.45, 2.75) is 111 Å². The van der Waals surface area contributed by atoms with E-state index in [2.05, 4.69) is 206 Å². The summed E-state index contributed by atoms with van der Waals surface area (Å²) in [6.45, 7) is 22.0. The minimum absolute atomic E-state index is 0.0249. The van der Waals surface area contributed by atoms with E-state index in [-0.39, 0.29) is 16.4 Å². The Morgan fingerprint density at radius 1 is 0.702 bits per heavy atom. The lowest BCUT2D eigenvalue weighted by Gasteiger charge is -2.57. The van der Waals surface area contributed by atoms with Gasteiger partial charge in [-0.2, -0.15) is 0 Å². The molecule has 292 valence electrons. The second-order valence-electron chi connectivity index (χ2n) is 18.0. The lowest BCUT2D eigenvalue weighted by Crippen LogP contribution is -2.59. The summed E-state index contributed by atoms with van der Waals surface area (Å²) in [7, 11) is 0. The topological polar surface area (TPSA) is 3.24 Å². The smallest absolute Gasteiger partial charge is 0.0450 e. The third kappa shape index (κ3) is 7.79. The molecule has 3 aromatic rings. The summed E-state index contributed by atoms with van der Waals surface area (Å²) in [6.07, 6.45) is 36.7. The second kappa shape index (κ2) is 16.4. The predicted molar refractivity (Wildman–Crippen MR) is 249 cm³/mol. The van der Waals surface area contributed by atoms with E-state index in [1.807, 2.05) is 6.92 Å². The highest BCUT2D eigenvalue weighted by Gasteiger charge is 2.51. The fourth-order valence-electron chi connectivity index (χ4n) is 9.18. The molecule has 1 nitrogen and oxygen atoms in total. The Hall–Kier alpha value is -5.14. The molecule has 0 saturated heterocycles.